The summed E-state index contributed by atoms with van der Waals surface area (Å²) in [5.74, 6) is -0.357. The molecule has 3 amide bonds. The van der Waals surface area contributed by atoms with E-state index in [2.05, 4.69) is 27.0 Å². The van der Waals surface area contributed by atoms with Crippen LogP contribution in [-0.4, -0.2) is 43.8 Å². The number of hydrazine groups is 2. The Kier molecular flexibility index (Phi) is 14.5. The maximum absolute atomic E-state index is 10.6. The number of urea groups is 1. The molecule has 0 atom stereocenters. The Bertz CT molecular complexity index is 187. The van der Waals surface area contributed by atoms with Crippen molar-refractivity contribution >= 4 is 11.9 Å². The minimum absolute atomic E-state index is 0.131. The second-order valence-electron chi connectivity index (χ2n) is 2.57. The largest absolute Gasteiger partial charge is 0.395 e. The summed E-state index contributed by atoms with van der Waals surface area (Å²) in [6, 6.07) is -0.547. The van der Waals surface area contributed by atoms with E-state index in [0.29, 0.717) is 0 Å². The molecule has 0 bridgehead atoms. The minimum atomic E-state index is -0.547. The van der Waals surface area contributed by atoms with E-state index >= 15 is 0 Å². The molecule has 0 unspecified atom stereocenters. The van der Waals surface area contributed by atoms with Gasteiger partial charge < -0.3 is 10.4 Å². The summed E-state index contributed by atoms with van der Waals surface area (Å²) < 4.78 is 0. The Morgan fingerprint density at radius 1 is 1.25 bits per heavy atom. The van der Waals surface area contributed by atoms with E-state index in [-0.39, 0.29) is 19.1 Å². The van der Waals surface area contributed by atoms with Crippen LogP contribution in [0.3, 0.4) is 0 Å². The van der Waals surface area contributed by atoms with Crippen molar-refractivity contribution in [1.82, 2.24) is 27.0 Å². The summed E-state index contributed by atoms with van der Waals surface area (Å²) in [6.07, 6.45) is 0. The standard InChI is InChI=1S/C5H11N3O3.C3H10N2/c1-4(10)7-8-5(11)6-2-3-9;1-3-5-4-2/h9H,2-3H2,1H3,(H,7,10)(H2,6,8,11);4-5H,3H2,1-2H3. The lowest BCUT2D eigenvalue weighted by atomic mass is 10.7. The van der Waals surface area contributed by atoms with Gasteiger partial charge in [-0.2, -0.15) is 0 Å². The Labute approximate surface area is 95.1 Å². The third-order valence-electron chi connectivity index (χ3n) is 1.10. The highest BCUT2D eigenvalue weighted by atomic mass is 16.3. The molecule has 0 radical (unpaired) electrons. The summed E-state index contributed by atoms with van der Waals surface area (Å²) >= 11 is 0. The highest BCUT2D eigenvalue weighted by Crippen LogP contribution is 1.61. The molecule has 0 aromatic rings. The molecule has 96 valence electrons. The van der Waals surface area contributed by atoms with Gasteiger partial charge in [0, 0.05) is 20.0 Å². The van der Waals surface area contributed by atoms with Crippen molar-refractivity contribution in [1.29, 1.82) is 0 Å². The molecular formula is C8H21N5O3. The van der Waals surface area contributed by atoms with Gasteiger partial charge in [-0.1, -0.05) is 6.92 Å². The molecule has 0 spiro atoms. The maximum atomic E-state index is 10.6. The van der Waals surface area contributed by atoms with Gasteiger partial charge in [0.1, 0.15) is 0 Å². The van der Waals surface area contributed by atoms with Gasteiger partial charge >= 0.3 is 6.03 Å². The van der Waals surface area contributed by atoms with Crippen LogP contribution in [0.5, 0.6) is 0 Å². The van der Waals surface area contributed by atoms with Crippen molar-refractivity contribution in [3.05, 3.63) is 0 Å². The highest BCUT2D eigenvalue weighted by molar-refractivity contribution is 5.79. The normalized spacial score (nSPS) is 8.50. The Hall–Kier alpha value is -1.38. The van der Waals surface area contributed by atoms with Crippen LogP contribution in [0.2, 0.25) is 0 Å². The zero-order valence-electron chi connectivity index (χ0n) is 9.89. The number of amides is 3. The van der Waals surface area contributed by atoms with Gasteiger partial charge in [0.2, 0.25) is 5.91 Å². The van der Waals surface area contributed by atoms with Gasteiger partial charge in [0.05, 0.1) is 6.61 Å². The summed E-state index contributed by atoms with van der Waals surface area (Å²) in [5.41, 5.74) is 9.76. The van der Waals surface area contributed by atoms with E-state index in [9.17, 15) is 9.59 Å². The summed E-state index contributed by atoms with van der Waals surface area (Å²) in [7, 11) is 1.85. The summed E-state index contributed by atoms with van der Waals surface area (Å²) in [4.78, 5) is 20.8. The molecule has 16 heavy (non-hydrogen) atoms. The average Bonchev–Trinajstić information content (AvgIpc) is 2.25. The van der Waals surface area contributed by atoms with Crippen molar-refractivity contribution in [3.63, 3.8) is 0 Å². The van der Waals surface area contributed by atoms with Crippen molar-refractivity contribution in [2.75, 3.05) is 26.7 Å². The molecule has 8 nitrogen and oxygen atoms in total. The SMILES string of the molecule is CC(=O)NNC(=O)NCCO.CCNNC. The van der Waals surface area contributed by atoms with E-state index in [0.717, 1.165) is 6.54 Å². The third-order valence-corrected chi connectivity index (χ3v) is 1.10. The molecular weight excluding hydrogens is 214 g/mol. The first kappa shape index (κ1) is 17.0. The highest BCUT2D eigenvalue weighted by Gasteiger charge is 1.96. The lowest BCUT2D eigenvalue weighted by Crippen LogP contribution is -2.46. The van der Waals surface area contributed by atoms with E-state index in [4.69, 9.17) is 5.11 Å². The monoisotopic (exact) mass is 235 g/mol. The lowest BCUT2D eigenvalue weighted by Gasteiger charge is -2.04. The van der Waals surface area contributed by atoms with Crippen LogP contribution in [0.15, 0.2) is 0 Å². The van der Waals surface area contributed by atoms with Crippen LogP contribution in [0.1, 0.15) is 13.8 Å². The predicted molar refractivity (Wildman–Crippen MR) is 60.2 cm³/mol. The van der Waals surface area contributed by atoms with Gasteiger partial charge in [-0.3, -0.25) is 21.1 Å². The predicted octanol–water partition coefficient (Wildman–Crippen LogP) is -1.94. The van der Waals surface area contributed by atoms with Gasteiger partial charge in [-0.25, -0.2) is 10.2 Å². The smallest absolute Gasteiger partial charge is 0.333 e. The fourth-order valence-corrected chi connectivity index (χ4v) is 0.535. The zero-order chi connectivity index (χ0) is 12.8. The van der Waals surface area contributed by atoms with Crippen molar-refractivity contribution < 1.29 is 14.7 Å². The number of aliphatic hydroxyl groups excluding tert-OH is 1. The van der Waals surface area contributed by atoms with Crippen LogP contribution in [0.4, 0.5) is 4.79 Å². The first-order valence-electron chi connectivity index (χ1n) is 4.89. The Morgan fingerprint density at radius 2 is 1.88 bits per heavy atom. The lowest BCUT2D eigenvalue weighted by molar-refractivity contribution is -0.119. The van der Waals surface area contributed by atoms with Gasteiger partial charge in [0.15, 0.2) is 0 Å². The molecule has 0 aromatic carbocycles. The molecule has 0 heterocycles. The van der Waals surface area contributed by atoms with E-state index in [1.165, 1.54) is 6.92 Å². The molecule has 6 N–H and O–H groups in total. The fourth-order valence-electron chi connectivity index (χ4n) is 0.535. The van der Waals surface area contributed by atoms with E-state index in [1.807, 2.05) is 14.0 Å². The van der Waals surface area contributed by atoms with Crippen LogP contribution in [0.25, 0.3) is 0 Å². The number of carbonyl (C=O) groups excluding carboxylic acids is 2. The molecule has 8 heteroatoms. The first-order valence-corrected chi connectivity index (χ1v) is 4.89. The number of rotatable bonds is 4. The molecule has 0 aliphatic heterocycles. The van der Waals surface area contributed by atoms with Crippen molar-refractivity contribution in [2.45, 2.75) is 13.8 Å². The fraction of sp³-hybridized carbons (Fsp3) is 0.750. The third kappa shape index (κ3) is 18.4. The number of hydrogen-bond donors (Lipinski definition) is 6. The van der Waals surface area contributed by atoms with Crippen LogP contribution in [-0.2, 0) is 4.79 Å². The minimum Gasteiger partial charge on any atom is -0.395 e. The average molecular weight is 235 g/mol. The van der Waals surface area contributed by atoms with Gasteiger partial charge in [0.25, 0.3) is 0 Å². The van der Waals surface area contributed by atoms with Crippen LogP contribution >= 0.6 is 0 Å². The topological polar surface area (TPSA) is 115 Å². The summed E-state index contributed by atoms with van der Waals surface area (Å²) in [6.45, 7) is 4.32. The molecule has 0 aliphatic rings. The molecule has 0 aliphatic carbocycles. The van der Waals surface area contributed by atoms with Crippen molar-refractivity contribution in [3.8, 4) is 0 Å². The quantitative estimate of drug-likeness (QED) is 0.317. The second-order valence-corrected chi connectivity index (χ2v) is 2.57. The molecule has 0 saturated heterocycles. The second kappa shape index (κ2) is 13.6. The number of aliphatic hydroxyl groups is 1. The summed E-state index contributed by atoms with van der Waals surface area (Å²) in [5, 5.41) is 10.5. The van der Waals surface area contributed by atoms with Gasteiger partial charge in [-0.05, 0) is 7.05 Å². The Morgan fingerprint density at radius 3 is 2.19 bits per heavy atom. The van der Waals surface area contributed by atoms with Crippen molar-refractivity contribution in [2.24, 2.45) is 0 Å². The molecule has 0 rings (SSSR count). The number of hydrogen-bond acceptors (Lipinski definition) is 5. The molecule has 0 aromatic heterocycles. The van der Waals surface area contributed by atoms with Crippen LogP contribution in [0, 0.1) is 0 Å². The van der Waals surface area contributed by atoms with Crippen LogP contribution < -0.4 is 27.0 Å². The zero-order valence-corrected chi connectivity index (χ0v) is 9.89. The number of carbonyl (C=O) groups is 2. The Balaban J connectivity index is 0. The number of nitrogens with one attached hydrogen (secondary N) is 5. The van der Waals surface area contributed by atoms with E-state index < -0.39 is 6.03 Å². The maximum Gasteiger partial charge on any atom is 0.333 e. The van der Waals surface area contributed by atoms with E-state index in [1.54, 1.807) is 0 Å². The molecule has 0 fully saturated rings. The molecule has 0 saturated carbocycles. The van der Waals surface area contributed by atoms with Gasteiger partial charge in [-0.15, -0.1) is 0 Å². The first-order chi connectivity index (χ1) is 7.58.